The molecule has 1 aliphatic heterocycles. The van der Waals surface area contributed by atoms with Crippen molar-refractivity contribution >= 4 is 29.6 Å². The molecule has 2 aromatic rings. The van der Waals surface area contributed by atoms with Crippen molar-refractivity contribution in [3.63, 3.8) is 0 Å². The number of Topliss-reactive ketones (excluding diaryl/α,β-unsaturated/α-hetero) is 1. The smallest absolute Gasteiger partial charge is 0.429 e. The molecule has 1 aliphatic rings. The summed E-state index contributed by atoms with van der Waals surface area (Å²) >= 11 is 0. The summed E-state index contributed by atoms with van der Waals surface area (Å²) in [5.41, 5.74) is 4.09. The predicted octanol–water partition coefficient (Wildman–Crippen LogP) is 5.88. The van der Waals surface area contributed by atoms with Gasteiger partial charge in [0.1, 0.15) is 12.6 Å². The van der Waals surface area contributed by atoms with Crippen molar-refractivity contribution < 1.29 is 33.5 Å². The lowest BCUT2D eigenvalue weighted by atomic mass is 9.92. The zero-order valence-electron chi connectivity index (χ0n) is 28.8. The number of ether oxygens (including phenoxy) is 1. The molecule has 1 fully saturated rings. The van der Waals surface area contributed by atoms with Gasteiger partial charge in [-0.1, -0.05) is 114 Å². The third-order valence-electron chi connectivity index (χ3n) is 8.76. The second kappa shape index (κ2) is 20.2. The van der Waals surface area contributed by atoms with Gasteiger partial charge in [0.15, 0.2) is 5.78 Å². The highest BCUT2D eigenvalue weighted by molar-refractivity contribution is 5.94. The minimum absolute atomic E-state index is 0.0166. The number of carbonyl (C=O) groups is 5. The van der Waals surface area contributed by atoms with E-state index in [2.05, 4.69) is 10.8 Å². The average molecular weight is 665 g/mol. The minimum Gasteiger partial charge on any atom is -0.443 e. The van der Waals surface area contributed by atoms with Crippen LogP contribution in [0.25, 0.3) is 0 Å². The van der Waals surface area contributed by atoms with E-state index < -0.39 is 41.8 Å². The van der Waals surface area contributed by atoms with Gasteiger partial charge in [0.05, 0.1) is 12.6 Å². The van der Waals surface area contributed by atoms with E-state index in [-0.39, 0.29) is 50.7 Å². The maximum atomic E-state index is 14.5. The Kier molecular flexibility index (Phi) is 16.1. The summed E-state index contributed by atoms with van der Waals surface area (Å²) in [6, 6.07) is 16.7. The van der Waals surface area contributed by atoms with E-state index in [0.29, 0.717) is 25.7 Å². The number of nitrogens with zero attached hydrogens (tertiary/aromatic N) is 2. The topological polar surface area (TPSA) is 134 Å². The lowest BCUT2D eigenvalue weighted by Gasteiger charge is -2.44. The summed E-state index contributed by atoms with van der Waals surface area (Å²) in [6.45, 7) is 7.93. The zero-order chi connectivity index (χ0) is 34.9. The maximum absolute atomic E-state index is 14.5. The van der Waals surface area contributed by atoms with Gasteiger partial charge in [0, 0.05) is 25.3 Å². The Labute approximate surface area is 284 Å². The van der Waals surface area contributed by atoms with Crippen LogP contribution in [-0.4, -0.2) is 58.2 Å². The third kappa shape index (κ3) is 11.5. The molecule has 1 heterocycles. The Bertz CT molecular complexity index is 1320. The van der Waals surface area contributed by atoms with E-state index in [1.54, 1.807) is 6.92 Å². The molecular formula is C37H52N4O7. The number of hydrogen-bond donors (Lipinski definition) is 2. The van der Waals surface area contributed by atoms with Gasteiger partial charge in [-0.15, -0.1) is 0 Å². The van der Waals surface area contributed by atoms with Crippen LogP contribution in [0.3, 0.4) is 0 Å². The highest BCUT2D eigenvalue weighted by Gasteiger charge is 2.44. The van der Waals surface area contributed by atoms with Crippen molar-refractivity contribution in [3.8, 4) is 0 Å². The molecule has 2 N–H and O–H groups in total. The number of ketones is 1. The lowest BCUT2D eigenvalue weighted by Crippen LogP contribution is -2.64. The Morgan fingerprint density at radius 3 is 2.15 bits per heavy atom. The molecule has 262 valence electrons. The molecule has 2 aromatic carbocycles. The number of hydroxylamine groups is 1. The zero-order valence-corrected chi connectivity index (χ0v) is 28.8. The van der Waals surface area contributed by atoms with Gasteiger partial charge in [-0.05, 0) is 36.3 Å². The molecule has 0 radical (unpaired) electrons. The van der Waals surface area contributed by atoms with E-state index in [0.717, 1.165) is 24.0 Å². The van der Waals surface area contributed by atoms with Crippen LogP contribution in [0.2, 0.25) is 0 Å². The van der Waals surface area contributed by atoms with Crippen LogP contribution in [0.4, 0.5) is 4.79 Å². The maximum Gasteiger partial charge on any atom is 0.429 e. The molecule has 48 heavy (non-hydrogen) atoms. The third-order valence-corrected chi connectivity index (χ3v) is 8.76. The number of hydrogen-bond acceptors (Lipinski definition) is 7. The molecule has 0 unspecified atom stereocenters. The monoisotopic (exact) mass is 664 g/mol. The molecule has 0 aliphatic carbocycles. The highest BCUT2D eigenvalue weighted by Crippen LogP contribution is 2.27. The van der Waals surface area contributed by atoms with Gasteiger partial charge >= 0.3 is 6.09 Å². The summed E-state index contributed by atoms with van der Waals surface area (Å²) in [4.78, 5) is 73.4. The van der Waals surface area contributed by atoms with Gasteiger partial charge in [-0.25, -0.2) is 20.3 Å². The van der Waals surface area contributed by atoms with Gasteiger partial charge in [0.25, 0.3) is 0 Å². The first-order valence-corrected chi connectivity index (χ1v) is 17.3. The van der Waals surface area contributed by atoms with E-state index in [1.165, 1.54) is 10.0 Å². The number of hydrazine groups is 1. The first kappa shape index (κ1) is 38.2. The van der Waals surface area contributed by atoms with Crippen LogP contribution in [0.1, 0.15) is 96.6 Å². The quantitative estimate of drug-likeness (QED) is 0.150. The SMILES string of the molecule is CCCCC[C@H](CC(=O)NOCc1ccccc1)C(=O)N1[C@@H](C(=O)N[C@H](C(=O)CC)[C@@H](C)CC)CCCN1C(=O)OCc1ccccc1. The van der Waals surface area contributed by atoms with E-state index in [1.807, 2.05) is 81.4 Å². The number of amides is 4. The number of carbonyl (C=O) groups excluding carboxylic acids is 5. The number of rotatable bonds is 18. The second-order valence-electron chi connectivity index (χ2n) is 12.4. The predicted molar refractivity (Wildman–Crippen MR) is 182 cm³/mol. The fourth-order valence-electron chi connectivity index (χ4n) is 5.75. The Balaban J connectivity index is 1.87. The summed E-state index contributed by atoms with van der Waals surface area (Å²) in [7, 11) is 0. The fourth-order valence-corrected chi connectivity index (χ4v) is 5.75. The van der Waals surface area contributed by atoms with Crippen LogP contribution < -0.4 is 10.8 Å². The molecule has 0 spiro atoms. The van der Waals surface area contributed by atoms with Gasteiger partial charge < -0.3 is 10.1 Å². The summed E-state index contributed by atoms with van der Waals surface area (Å²) in [6.07, 6.45) is 3.48. The Morgan fingerprint density at radius 1 is 0.896 bits per heavy atom. The van der Waals surface area contributed by atoms with Crippen molar-refractivity contribution in [3.05, 3.63) is 71.8 Å². The highest BCUT2D eigenvalue weighted by atomic mass is 16.6. The number of nitrogens with one attached hydrogen (secondary N) is 2. The van der Waals surface area contributed by atoms with Gasteiger partial charge in [-0.3, -0.25) is 24.0 Å². The molecular weight excluding hydrogens is 612 g/mol. The molecule has 0 bridgehead atoms. The standard InChI is InChI=1S/C37H52N4O7/c1-5-8-11-21-30(24-33(43)39-48-26-29-19-14-10-15-20-29)36(45)41-31(35(44)38-34(27(4)6-2)32(42)7-3)22-16-23-40(41)37(46)47-25-28-17-12-9-13-18-28/h9-10,12-15,17-20,27,30-31,34H,5-8,11,16,21-26H2,1-4H3,(H,38,44)(H,39,43)/t27-,30+,31+,34-/m0/s1. The largest absolute Gasteiger partial charge is 0.443 e. The van der Waals surface area contributed by atoms with E-state index >= 15 is 0 Å². The Hall–Kier alpha value is -4.25. The van der Waals surface area contributed by atoms with Crippen molar-refractivity contribution in [1.82, 2.24) is 20.8 Å². The van der Waals surface area contributed by atoms with Crippen molar-refractivity contribution in [2.45, 2.75) is 111 Å². The van der Waals surface area contributed by atoms with Crippen LogP contribution >= 0.6 is 0 Å². The molecule has 0 aromatic heterocycles. The van der Waals surface area contributed by atoms with Crippen molar-refractivity contribution in [2.24, 2.45) is 11.8 Å². The molecule has 0 saturated carbocycles. The van der Waals surface area contributed by atoms with Crippen molar-refractivity contribution in [2.75, 3.05) is 6.54 Å². The molecule has 3 rings (SSSR count). The fraction of sp³-hybridized carbons (Fsp3) is 0.541. The minimum atomic E-state index is -1.07. The molecule has 11 heteroatoms. The van der Waals surface area contributed by atoms with E-state index in [4.69, 9.17) is 9.57 Å². The number of benzene rings is 2. The van der Waals surface area contributed by atoms with Crippen LogP contribution in [-0.2, 0) is 42.0 Å². The normalized spacial score (nSPS) is 16.4. The molecule has 11 nitrogen and oxygen atoms in total. The van der Waals surface area contributed by atoms with Crippen LogP contribution in [0.5, 0.6) is 0 Å². The first-order chi connectivity index (χ1) is 23.2. The van der Waals surface area contributed by atoms with E-state index in [9.17, 15) is 24.0 Å². The van der Waals surface area contributed by atoms with Gasteiger partial charge in [0.2, 0.25) is 17.7 Å². The second-order valence-corrected chi connectivity index (χ2v) is 12.4. The number of unbranched alkanes of at least 4 members (excludes halogenated alkanes) is 2. The summed E-state index contributed by atoms with van der Waals surface area (Å²) in [5.74, 6) is -2.58. The summed E-state index contributed by atoms with van der Waals surface area (Å²) in [5, 5.41) is 5.28. The average Bonchev–Trinajstić information content (AvgIpc) is 3.12. The molecule has 1 saturated heterocycles. The molecule has 4 amide bonds. The summed E-state index contributed by atoms with van der Waals surface area (Å²) < 4.78 is 5.63. The van der Waals surface area contributed by atoms with Crippen molar-refractivity contribution in [1.29, 1.82) is 0 Å². The lowest BCUT2D eigenvalue weighted by molar-refractivity contribution is -0.169. The van der Waals surface area contributed by atoms with Gasteiger partial charge in [-0.2, -0.15) is 0 Å². The molecule has 4 atom stereocenters. The van der Waals surface area contributed by atoms with Crippen LogP contribution in [0, 0.1) is 11.8 Å². The first-order valence-electron chi connectivity index (χ1n) is 17.3. The Morgan fingerprint density at radius 2 is 1.54 bits per heavy atom. The van der Waals surface area contributed by atoms with Crippen LogP contribution in [0.15, 0.2) is 60.7 Å².